The molecule has 1 unspecified atom stereocenters. The largest absolute Gasteiger partial charge is 0.361 e. The van der Waals surface area contributed by atoms with Gasteiger partial charge in [0.15, 0.2) is 0 Å². The predicted octanol–water partition coefficient (Wildman–Crippen LogP) is 2.89. The molecule has 3 heterocycles. The number of carbonyl (C=O) groups excluding carboxylic acids is 1. The first-order valence-electron chi connectivity index (χ1n) is 8.95. The zero-order valence-electron chi connectivity index (χ0n) is 14.1. The summed E-state index contributed by atoms with van der Waals surface area (Å²) in [5.74, 6) is 2.35. The van der Waals surface area contributed by atoms with Crippen molar-refractivity contribution in [3.63, 3.8) is 0 Å². The van der Waals surface area contributed by atoms with Crippen LogP contribution in [0.1, 0.15) is 55.4 Å². The maximum atomic E-state index is 13.0. The van der Waals surface area contributed by atoms with E-state index in [9.17, 15) is 4.79 Å². The molecule has 0 saturated heterocycles. The summed E-state index contributed by atoms with van der Waals surface area (Å²) in [5, 5.41) is 3.90. The number of rotatable bonds is 3. The van der Waals surface area contributed by atoms with E-state index in [2.05, 4.69) is 19.6 Å². The molecule has 4 rings (SSSR count). The molecule has 6 nitrogen and oxygen atoms in total. The summed E-state index contributed by atoms with van der Waals surface area (Å²) in [4.78, 5) is 19.7. The molecule has 1 atom stereocenters. The van der Waals surface area contributed by atoms with Crippen molar-refractivity contribution >= 4 is 5.91 Å². The molecular formula is C18H24N4O2. The summed E-state index contributed by atoms with van der Waals surface area (Å²) in [7, 11) is 0. The summed E-state index contributed by atoms with van der Waals surface area (Å²) in [6, 6.07) is 1.95. The van der Waals surface area contributed by atoms with Gasteiger partial charge in [0.25, 0.3) is 0 Å². The van der Waals surface area contributed by atoms with E-state index in [1.165, 1.54) is 25.7 Å². The quantitative estimate of drug-likeness (QED) is 0.869. The minimum Gasteiger partial charge on any atom is -0.361 e. The topological polar surface area (TPSA) is 64.2 Å². The van der Waals surface area contributed by atoms with Gasteiger partial charge in [-0.15, -0.1) is 0 Å². The first-order valence-corrected chi connectivity index (χ1v) is 8.95. The molecule has 2 aromatic heterocycles. The van der Waals surface area contributed by atoms with Gasteiger partial charge in [-0.25, -0.2) is 4.98 Å². The van der Waals surface area contributed by atoms with E-state index in [4.69, 9.17) is 4.52 Å². The fraction of sp³-hybridized carbons (Fsp3) is 0.611. The van der Waals surface area contributed by atoms with Crippen molar-refractivity contribution in [3.05, 3.63) is 35.7 Å². The van der Waals surface area contributed by atoms with Gasteiger partial charge >= 0.3 is 0 Å². The van der Waals surface area contributed by atoms with Crippen molar-refractivity contribution in [2.24, 2.45) is 5.92 Å². The molecule has 1 fully saturated rings. The Hall–Kier alpha value is -2.11. The van der Waals surface area contributed by atoms with Crippen LogP contribution < -0.4 is 0 Å². The number of aromatic nitrogens is 3. The van der Waals surface area contributed by atoms with Gasteiger partial charge in [-0.3, -0.25) is 4.79 Å². The molecule has 0 radical (unpaired) electrons. The van der Waals surface area contributed by atoms with Gasteiger partial charge < -0.3 is 14.0 Å². The highest BCUT2D eigenvalue weighted by molar-refractivity contribution is 5.78. The van der Waals surface area contributed by atoms with Crippen LogP contribution in [0.4, 0.5) is 0 Å². The normalized spacial score (nSPS) is 21.7. The lowest BCUT2D eigenvalue weighted by Crippen LogP contribution is -2.39. The summed E-state index contributed by atoms with van der Waals surface area (Å²) < 4.78 is 7.48. The van der Waals surface area contributed by atoms with Crippen LogP contribution in [0, 0.1) is 12.8 Å². The fourth-order valence-electron chi connectivity index (χ4n) is 4.23. The molecule has 0 spiro atoms. The van der Waals surface area contributed by atoms with Gasteiger partial charge in [-0.05, 0) is 32.1 Å². The summed E-state index contributed by atoms with van der Waals surface area (Å²) in [5.41, 5.74) is 0.816. The van der Waals surface area contributed by atoms with Gasteiger partial charge in [0, 0.05) is 31.5 Å². The third-order valence-electron chi connectivity index (χ3n) is 5.31. The molecule has 0 N–H and O–H groups in total. The molecular weight excluding hydrogens is 304 g/mol. The first kappa shape index (κ1) is 15.4. The van der Waals surface area contributed by atoms with Crippen LogP contribution in [0.3, 0.4) is 0 Å². The van der Waals surface area contributed by atoms with Gasteiger partial charge in [0.1, 0.15) is 11.6 Å². The summed E-state index contributed by atoms with van der Waals surface area (Å²) in [6.45, 7) is 3.60. The minimum absolute atomic E-state index is 0.0986. The molecule has 24 heavy (non-hydrogen) atoms. The van der Waals surface area contributed by atoms with Crippen molar-refractivity contribution in [1.29, 1.82) is 0 Å². The number of imidazole rings is 1. The third kappa shape index (κ3) is 2.85. The fourth-order valence-corrected chi connectivity index (χ4v) is 4.23. The number of amides is 1. The van der Waals surface area contributed by atoms with E-state index in [0.29, 0.717) is 11.7 Å². The van der Waals surface area contributed by atoms with Crippen molar-refractivity contribution < 1.29 is 9.32 Å². The minimum atomic E-state index is 0.0986. The molecule has 1 amide bonds. The Morgan fingerprint density at radius 3 is 2.88 bits per heavy atom. The zero-order chi connectivity index (χ0) is 16.5. The molecule has 128 valence electrons. The number of hydrogen-bond donors (Lipinski definition) is 0. The van der Waals surface area contributed by atoms with Crippen LogP contribution in [0.2, 0.25) is 0 Å². The van der Waals surface area contributed by atoms with Crippen molar-refractivity contribution in [2.75, 3.05) is 6.54 Å². The molecule has 0 aromatic carbocycles. The summed E-state index contributed by atoms with van der Waals surface area (Å²) in [6.07, 6.45) is 10.0. The number of carbonyl (C=O) groups is 1. The van der Waals surface area contributed by atoms with E-state index in [0.717, 1.165) is 31.0 Å². The Balaban J connectivity index is 1.62. The monoisotopic (exact) mass is 328 g/mol. The Labute approximate surface area is 141 Å². The highest BCUT2D eigenvalue weighted by Gasteiger charge is 2.37. The molecule has 6 heteroatoms. The average Bonchev–Trinajstić information content (AvgIpc) is 3.29. The lowest BCUT2D eigenvalue weighted by atomic mass is 9.95. The predicted molar refractivity (Wildman–Crippen MR) is 88.2 cm³/mol. The van der Waals surface area contributed by atoms with Crippen LogP contribution in [0.25, 0.3) is 0 Å². The number of hydrogen-bond acceptors (Lipinski definition) is 4. The van der Waals surface area contributed by atoms with E-state index in [-0.39, 0.29) is 18.4 Å². The SMILES string of the molecule is Cc1cc(CC(=O)N2CCCn3ccnc3C2C2CCCC2)on1. The van der Waals surface area contributed by atoms with E-state index < -0.39 is 0 Å². The molecule has 2 aliphatic rings. The molecule has 1 aliphatic carbocycles. The average molecular weight is 328 g/mol. The second kappa shape index (κ2) is 6.42. The lowest BCUT2D eigenvalue weighted by molar-refractivity contribution is -0.134. The Morgan fingerprint density at radius 2 is 2.12 bits per heavy atom. The zero-order valence-corrected chi connectivity index (χ0v) is 14.1. The van der Waals surface area contributed by atoms with Crippen LogP contribution in [-0.2, 0) is 17.8 Å². The van der Waals surface area contributed by atoms with Crippen molar-refractivity contribution in [1.82, 2.24) is 19.6 Å². The van der Waals surface area contributed by atoms with E-state index in [1.807, 2.05) is 25.4 Å². The second-order valence-corrected chi connectivity index (χ2v) is 7.02. The maximum Gasteiger partial charge on any atom is 0.230 e. The van der Waals surface area contributed by atoms with E-state index >= 15 is 0 Å². The van der Waals surface area contributed by atoms with Crippen LogP contribution in [-0.4, -0.2) is 32.1 Å². The first-order chi connectivity index (χ1) is 11.7. The van der Waals surface area contributed by atoms with Gasteiger partial charge in [0.2, 0.25) is 5.91 Å². The number of fused-ring (bicyclic) bond motifs is 1. The highest BCUT2D eigenvalue weighted by Crippen LogP contribution is 2.40. The summed E-state index contributed by atoms with van der Waals surface area (Å²) >= 11 is 0. The Bertz CT molecular complexity index is 714. The van der Waals surface area contributed by atoms with E-state index in [1.54, 1.807) is 0 Å². The molecule has 2 aromatic rings. The van der Waals surface area contributed by atoms with Gasteiger partial charge in [0.05, 0.1) is 18.2 Å². The highest BCUT2D eigenvalue weighted by atomic mass is 16.5. The van der Waals surface area contributed by atoms with Gasteiger partial charge in [-0.1, -0.05) is 18.0 Å². The number of aryl methyl sites for hydroxylation is 2. The lowest BCUT2D eigenvalue weighted by Gasteiger charge is -2.33. The smallest absolute Gasteiger partial charge is 0.230 e. The maximum absolute atomic E-state index is 13.0. The Morgan fingerprint density at radius 1 is 1.29 bits per heavy atom. The van der Waals surface area contributed by atoms with Crippen LogP contribution >= 0.6 is 0 Å². The van der Waals surface area contributed by atoms with Crippen LogP contribution in [0.15, 0.2) is 23.0 Å². The van der Waals surface area contributed by atoms with Gasteiger partial charge in [-0.2, -0.15) is 0 Å². The molecule has 0 bridgehead atoms. The molecule has 1 saturated carbocycles. The second-order valence-electron chi connectivity index (χ2n) is 7.02. The Kier molecular flexibility index (Phi) is 4.12. The number of nitrogens with zero attached hydrogens (tertiary/aromatic N) is 4. The van der Waals surface area contributed by atoms with Crippen molar-refractivity contribution in [2.45, 2.75) is 58.0 Å². The standard InChI is InChI=1S/C18H24N4O2/c1-13-11-15(24-20-13)12-16(23)22-9-4-8-21-10-7-19-18(21)17(22)14-5-2-3-6-14/h7,10-11,14,17H,2-6,8-9,12H2,1H3. The molecule has 1 aliphatic heterocycles. The third-order valence-corrected chi connectivity index (χ3v) is 5.31. The van der Waals surface area contributed by atoms with Crippen LogP contribution in [0.5, 0.6) is 0 Å². The van der Waals surface area contributed by atoms with Crippen molar-refractivity contribution in [3.8, 4) is 0 Å².